The maximum Gasteiger partial charge on any atom is 0.404 e. The molecule has 2 amide bonds. The number of pyridine rings is 1. The van der Waals surface area contributed by atoms with E-state index in [1.165, 1.54) is 0 Å². The highest BCUT2D eigenvalue weighted by Gasteiger charge is 2.31. The molecule has 124 valence electrons. The molecular formula is C14H18N4O5. The lowest BCUT2D eigenvalue weighted by atomic mass is 10.0. The van der Waals surface area contributed by atoms with Gasteiger partial charge in [0.2, 0.25) is 0 Å². The Kier molecular flexibility index (Phi) is 4.20. The maximum absolute atomic E-state index is 11.4. The molecule has 23 heavy (non-hydrogen) atoms. The zero-order chi connectivity index (χ0) is 16.4. The van der Waals surface area contributed by atoms with Gasteiger partial charge in [-0.3, -0.25) is 4.79 Å². The van der Waals surface area contributed by atoms with E-state index in [2.05, 4.69) is 15.6 Å². The molecule has 0 unspecified atom stereocenters. The van der Waals surface area contributed by atoms with Crippen LogP contribution >= 0.6 is 0 Å². The monoisotopic (exact) mass is 322 g/mol. The maximum atomic E-state index is 11.4. The van der Waals surface area contributed by atoms with Crippen LogP contribution in [0.4, 0.5) is 16.4 Å². The molecule has 2 aliphatic rings. The first-order valence-corrected chi connectivity index (χ1v) is 7.25. The lowest BCUT2D eigenvalue weighted by molar-refractivity contribution is -0.118. The number of carbonyl (C=O) groups is 2. The van der Waals surface area contributed by atoms with Crippen LogP contribution in [0.3, 0.4) is 0 Å². The van der Waals surface area contributed by atoms with Crippen molar-refractivity contribution in [1.82, 2.24) is 10.3 Å². The Bertz CT molecular complexity index is 623. The van der Waals surface area contributed by atoms with Crippen LogP contribution in [-0.2, 0) is 9.53 Å². The number of hydrogen-bond acceptors (Lipinski definition) is 6. The molecule has 1 saturated heterocycles. The third-order valence-electron chi connectivity index (χ3n) is 3.87. The predicted molar refractivity (Wildman–Crippen MR) is 80.9 cm³/mol. The SMILES string of the molecule is CN(C[C@H]1COC[C@@H]1NC(=O)O)c1ccc2c(n1)NC(=O)CO2. The number of nitrogens with zero attached hydrogens (tertiary/aromatic N) is 2. The Morgan fingerprint density at radius 3 is 3.13 bits per heavy atom. The van der Waals surface area contributed by atoms with Gasteiger partial charge in [0, 0.05) is 19.5 Å². The van der Waals surface area contributed by atoms with E-state index < -0.39 is 6.09 Å². The number of nitrogens with one attached hydrogen (secondary N) is 2. The number of amides is 2. The minimum atomic E-state index is -1.06. The highest BCUT2D eigenvalue weighted by atomic mass is 16.5. The third-order valence-corrected chi connectivity index (χ3v) is 3.87. The van der Waals surface area contributed by atoms with Gasteiger partial charge in [-0.2, -0.15) is 0 Å². The Morgan fingerprint density at radius 2 is 2.35 bits per heavy atom. The number of carbonyl (C=O) groups excluding carboxylic acids is 1. The molecule has 0 bridgehead atoms. The van der Waals surface area contributed by atoms with Gasteiger partial charge in [-0.05, 0) is 12.1 Å². The summed E-state index contributed by atoms with van der Waals surface area (Å²) in [7, 11) is 1.86. The lowest BCUT2D eigenvalue weighted by Crippen LogP contribution is -2.43. The quantitative estimate of drug-likeness (QED) is 0.722. The van der Waals surface area contributed by atoms with Crippen LogP contribution in [0.5, 0.6) is 5.75 Å². The van der Waals surface area contributed by atoms with Gasteiger partial charge in [0.15, 0.2) is 18.2 Å². The largest absolute Gasteiger partial charge is 0.480 e. The fourth-order valence-electron chi connectivity index (χ4n) is 2.71. The predicted octanol–water partition coefficient (Wildman–Crippen LogP) is 0.131. The second-order valence-corrected chi connectivity index (χ2v) is 5.59. The summed E-state index contributed by atoms with van der Waals surface area (Å²) in [5.41, 5.74) is 0. The van der Waals surface area contributed by atoms with Crippen LogP contribution in [0.25, 0.3) is 0 Å². The molecule has 1 aromatic rings. The van der Waals surface area contributed by atoms with Gasteiger partial charge in [0.25, 0.3) is 5.91 Å². The normalized spacial score (nSPS) is 22.7. The number of carboxylic acid groups (broad SMARTS) is 1. The molecule has 3 rings (SSSR count). The summed E-state index contributed by atoms with van der Waals surface area (Å²) in [4.78, 5) is 28.4. The van der Waals surface area contributed by atoms with Gasteiger partial charge < -0.3 is 30.1 Å². The van der Waals surface area contributed by atoms with E-state index in [0.29, 0.717) is 37.1 Å². The van der Waals surface area contributed by atoms with Crippen LogP contribution in [0, 0.1) is 5.92 Å². The Balaban J connectivity index is 1.68. The molecule has 3 heterocycles. The first-order chi connectivity index (χ1) is 11.0. The van der Waals surface area contributed by atoms with Crippen LogP contribution < -0.4 is 20.3 Å². The van der Waals surface area contributed by atoms with Gasteiger partial charge in [-0.25, -0.2) is 9.78 Å². The molecule has 1 fully saturated rings. The van der Waals surface area contributed by atoms with Gasteiger partial charge in [0.1, 0.15) is 5.82 Å². The molecule has 9 heteroatoms. The van der Waals surface area contributed by atoms with E-state index in [0.717, 1.165) is 0 Å². The highest BCUT2D eigenvalue weighted by Crippen LogP contribution is 2.28. The summed E-state index contributed by atoms with van der Waals surface area (Å²) in [6.07, 6.45) is -1.06. The molecule has 0 aromatic carbocycles. The molecule has 9 nitrogen and oxygen atoms in total. The zero-order valence-electron chi connectivity index (χ0n) is 12.6. The molecule has 3 N–H and O–H groups in total. The summed E-state index contributed by atoms with van der Waals surface area (Å²) in [6, 6.07) is 3.31. The van der Waals surface area contributed by atoms with E-state index in [1.807, 2.05) is 11.9 Å². The van der Waals surface area contributed by atoms with E-state index in [1.54, 1.807) is 12.1 Å². The number of aromatic nitrogens is 1. The summed E-state index contributed by atoms with van der Waals surface area (Å²) in [5.74, 6) is 1.39. The van der Waals surface area contributed by atoms with E-state index in [9.17, 15) is 9.59 Å². The molecule has 0 aliphatic carbocycles. The smallest absolute Gasteiger partial charge is 0.404 e. The number of rotatable bonds is 4. The number of anilines is 2. The third kappa shape index (κ3) is 3.45. The Hall–Kier alpha value is -2.55. The summed E-state index contributed by atoms with van der Waals surface area (Å²) in [6.45, 7) is 1.42. The number of fused-ring (bicyclic) bond motifs is 1. The first-order valence-electron chi connectivity index (χ1n) is 7.25. The molecule has 0 saturated carbocycles. The van der Waals surface area contributed by atoms with E-state index in [-0.39, 0.29) is 24.5 Å². The van der Waals surface area contributed by atoms with Gasteiger partial charge in [0.05, 0.1) is 19.3 Å². The van der Waals surface area contributed by atoms with Gasteiger partial charge in [-0.15, -0.1) is 0 Å². The molecular weight excluding hydrogens is 304 g/mol. The highest BCUT2D eigenvalue weighted by molar-refractivity contribution is 5.94. The number of hydrogen-bond donors (Lipinski definition) is 3. The van der Waals surface area contributed by atoms with Crippen molar-refractivity contribution in [2.24, 2.45) is 5.92 Å². The number of ether oxygens (including phenoxy) is 2. The second kappa shape index (κ2) is 6.29. The van der Waals surface area contributed by atoms with Crippen LogP contribution in [-0.4, -0.2) is 61.5 Å². The van der Waals surface area contributed by atoms with Crippen molar-refractivity contribution in [3.05, 3.63) is 12.1 Å². The first kappa shape index (κ1) is 15.3. The van der Waals surface area contributed by atoms with E-state index in [4.69, 9.17) is 14.6 Å². The van der Waals surface area contributed by atoms with Crippen molar-refractivity contribution in [3.8, 4) is 5.75 Å². The minimum Gasteiger partial charge on any atom is -0.480 e. The molecule has 1 aromatic heterocycles. The summed E-state index contributed by atoms with van der Waals surface area (Å²) < 4.78 is 10.6. The molecule has 2 aliphatic heterocycles. The van der Waals surface area contributed by atoms with Crippen molar-refractivity contribution < 1.29 is 24.2 Å². The Morgan fingerprint density at radius 1 is 1.52 bits per heavy atom. The van der Waals surface area contributed by atoms with Crippen molar-refractivity contribution in [2.45, 2.75) is 6.04 Å². The van der Waals surface area contributed by atoms with Crippen LogP contribution in [0.2, 0.25) is 0 Å². The fraction of sp³-hybridized carbons (Fsp3) is 0.500. The molecule has 2 atom stereocenters. The standard InChI is InChI=1S/C14H18N4O5/c1-18(4-8-5-22-6-9(8)15-14(20)21)11-3-2-10-13(16-11)17-12(19)7-23-10/h2-3,8-9,15H,4-7H2,1H3,(H,20,21)(H,16,17,19)/t8-,9-/m0/s1. The summed E-state index contributed by atoms with van der Waals surface area (Å²) >= 11 is 0. The lowest BCUT2D eigenvalue weighted by Gasteiger charge is -2.26. The summed E-state index contributed by atoms with van der Waals surface area (Å²) in [5, 5.41) is 14.0. The van der Waals surface area contributed by atoms with Crippen molar-refractivity contribution in [2.75, 3.05) is 43.6 Å². The molecule has 0 radical (unpaired) electrons. The van der Waals surface area contributed by atoms with Crippen LogP contribution in [0.15, 0.2) is 12.1 Å². The second-order valence-electron chi connectivity index (χ2n) is 5.59. The van der Waals surface area contributed by atoms with Gasteiger partial charge in [-0.1, -0.05) is 0 Å². The van der Waals surface area contributed by atoms with Crippen molar-refractivity contribution >= 4 is 23.6 Å². The van der Waals surface area contributed by atoms with Crippen LogP contribution in [0.1, 0.15) is 0 Å². The van der Waals surface area contributed by atoms with Gasteiger partial charge >= 0.3 is 6.09 Å². The molecule has 0 spiro atoms. The fourth-order valence-corrected chi connectivity index (χ4v) is 2.71. The van der Waals surface area contributed by atoms with E-state index >= 15 is 0 Å². The topological polar surface area (TPSA) is 113 Å². The van der Waals surface area contributed by atoms with Crippen molar-refractivity contribution in [1.29, 1.82) is 0 Å². The minimum absolute atomic E-state index is 0.00812. The van der Waals surface area contributed by atoms with Crippen molar-refractivity contribution in [3.63, 3.8) is 0 Å². The zero-order valence-corrected chi connectivity index (χ0v) is 12.6. The Labute approximate surface area is 132 Å². The average Bonchev–Trinajstić information content (AvgIpc) is 2.92. The average molecular weight is 322 g/mol.